The Morgan fingerprint density at radius 2 is 1.37 bits per heavy atom. The van der Waals surface area contributed by atoms with E-state index in [4.69, 9.17) is 14.2 Å². The number of Topliss-reactive ketones (excluding diaryl/α,β-unsaturated/α-hetero) is 1. The van der Waals surface area contributed by atoms with Crippen LogP contribution >= 0.6 is 0 Å². The number of nitrogens with one attached hydrogen (secondary N) is 1. The molecule has 7 nitrogen and oxygen atoms in total. The van der Waals surface area contributed by atoms with E-state index in [-0.39, 0.29) is 36.9 Å². The standard InChI is InChI=1S/C31H29NO6/c33-28-13-7-8-14-30(28)37-22-31(35)32-27(21-36-20-24-9-3-1-4-10-24)29(34)19-23-15-17-26(18-16-23)38-25-11-5-2-6-12-25/h1-18,27,33H,19-22H2,(H,32,35). The van der Waals surface area contributed by atoms with Crippen LogP contribution in [0.1, 0.15) is 11.1 Å². The minimum atomic E-state index is -0.876. The van der Waals surface area contributed by atoms with Crippen molar-refractivity contribution in [3.63, 3.8) is 0 Å². The van der Waals surface area contributed by atoms with Crippen LogP contribution in [0, 0.1) is 0 Å². The van der Waals surface area contributed by atoms with E-state index < -0.39 is 11.9 Å². The summed E-state index contributed by atoms with van der Waals surface area (Å²) >= 11 is 0. The topological polar surface area (TPSA) is 94.1 Å². The van der Waals surface area contributed by atoms with Gasteiger partial charge < -0.3 is 24.6 Å². The molecule has 7 heteroatoms. The maximum absolute atomic E-state index is 13.2. The Bertz CT molecular complexity index is 1310. The zero-order valence-electron chi connectivity index (χ0n) is 20.8. The minimum absolute atomic E-state index is 0.00521. The van der Waals surface area contributed by atoms with Crippen LogP contribution in [0.3, 0.4) is 0 Å². The van der Waals surface area contributed by atoms with Gasteiger partial charge in [-0.15, -0.1) is 0 Å². The molecule has 1 unspecified atom stereocenters. The average Bonchev–Trinajstić information content (AvgIpc) is 2.94. The number of benzene rings is 4. The fourth-order valence-corrected chi connectivity index (χ4v) is 3.67. The van der Waals surface area contributed by atoms with Crippen LogP contribution in [-0.2, 0) is 27.4 Å². The number of ether oxygens (including phenoxy) is 3. The van der Waals surface area contributed by atoms with Gasteiger partial charge in [0.1, 0.15) is 17.5 Å². The van der Waals surface area contributed by atoms with E-state index in [1.807, 2.05) is 72.8 Å². The van der Waals surface area contributed by atoms with Gasteiger partial charge in [-0.3, -0.25) is 9.59 Å². The maximum Gasteiger partial charge on any atom is 0.258 e. The summed E-state index contributed by atoms with van der Waals surface area (Å²) in [5, 5.41) is 12.6. The molecule has 0 saturated carbocycles. The number of aromatic hydroxyl groups is 1. The van der Waals surface area contributed by atoms with Crippen molar-refractivity contribution >= 4 is 11.7 Å². The van der Waals surface area contributed by atoms with Crippen molar-refractivity contribution in [1.82, 2.24) is 5.32 Å². The number of rotatable bonds is 13. The number of carbonyl (C=O) groups is 2. The summed E-state index contributed by atoms with van der Waals surface area (Å²) < 4.78 is 17.0. The van der Waals surface area contributed by atoms with Gasteiger partial charge in [-0.1, -0.05) is 72.8 Å². The molecule has 0 spiro atoms. The Hall–Kier alpha value is -4.62. The quantitative estimate of drug-likeness (QED) is 0.260. The Labute approximate surface area is 221 Å². The molecule has 0 fully saturated rings. The number of hydrogen-bond donors (Lipinski definition) is 2. The smallest absolute Gasteiger partial charge is 0.258 e. The van der Waals surface area contributed by atoms with E-state index in [9.17, 15) is 14.7 Å². The predicted octanol–water partition coefficient (Wildman–Crippen LogP) is 5.08. The largest absolute Gasteiger partial charge is 0.504 e. The monoisotopic (exact) mass is 511 g/mol. The minimum Gasteiger partial charge on any atom is -0.504 e. The lowest BCUT2D eigenvalue weighted by Crippen LogP contribution is -2.46. The van der Waals surface area contributed by atoms with E-state index in [1.165, 1.54) is 6.07 Å². The molecule has 4 rings (SSSR count). The first kappa shape index (κ1) is 26.4. The molecule has 0 saturated heterocycles. The molecule has 0 heterocycles. The molecule has 194 valence electrons. The SMILES string of the molecule is O=C(COc1ccccc1O)NC(COCc1ccccc1)C(=O)Cc1ccc(Oc2ccccc2)cc1. The second-order valence-electron chi connectivity index (χ2n) is 8.58. The number of para-hydroxylation sites is 3. The fourth-order valence-electron chi connectivity index (χ4n) is 3.67. The van der Waals surface area contributed by atoms with Gasteiger partial charge in [0.25, 0.3) is 5.91 Å². The second-order valence-corrected chi connectivity index (χ2v) is 8.58. The number of phenolic OH excluding ortho intramolecular Hbond substituents is 1. The van der Waals surface area contributed by atoms with Gasteiger partial charge in [0.15, 0.2) is 23.9 Å². The number of carbonyl (C=O) groups excluding carboxylic acids is 2. The van der Waals surface area contributed by atoms with Crippen LogP contribution in [0.15, 0.2) is 109 Å². The third-order valence-corrected chi connectivity index (χ3v) is 5.62. The van der Waals surface area contributed by atoms with E-state index >= 15 is 0 Å². The molecule has 0 aromatic heterocycles. The highest BCUT2D eigenvalue weighted by atomic mass is 16.5. The zero-order chi connectivity index (χ0) is 26.6. The first-order valence-electron chi connectivity index (χ1n) is 12.2. The first-order valence-corrected chi connectivity index (χ1v) is 12.2. The van der Waals surface area contributed by atoms with E-state index in [0.29, 0.717) is 12.4 Å². The number of phenols is 1. The van der Waals surface area contributed by atoms with Crippen molar-refractivity contribution < 1.29 is 28.9 Å². The van der Waals surface area contributed by atoms with Crippen LogP contribution in [0.25, 0.3) is 0 Å². The predicted molar refractivity (Wildman–Crippen MR) is 143 cm³/mol. The van der Waals surface area contributed by atoms with Crippen molar-refractivity contribution in [3.05, 3.63) is 120 Å². The molecular weight excluding hydrogens is 482 g/mol. The van der Waals surface area contributed by atoms with E-state index in [0.717, 1.165) is 16.9 Å². The lowest BCUT2D eigenvalue weighted by Gasteiger charge is -2.18. The lowest BCUT2D eigenvalue weighted by atomic mass is 10.0. The van der Waals surface area contributed by atoms with E-state index in [1.54, 1.807) is 30.3 Å². The summed E-state index contributed by atoms with van der Waals surface area (Å²) in [6, 6.07) is 31.7. The summed E-state index contributed by atoms with van der Waals surface area (Å²) in [5.74, 6) is 0.792. The molecule has 2 N–H and O–H groups in total. The summed E-state index contributed by atoms with van der Waals surface area (Å²) in [5.41, 5.74) is 1.74. The van der Waals surface area contributed by atoms with Crippen molar-refractivity contribution in [2.75, 3.05) is 13.2 Å². The highest BCUT2D eigenvalue weighted by Crippen LogP contribution is 2.24. The average molecular weight is 512 g/mol. The highest BCUT2D eigenvalue weighted by Gasteiger charge is 2.22. The van der Waals surface area contributed by atoms with Crippen LogP contribution in [0.5, 0.6) is 23.0 Å². The Morgan fingerprint density at radius 3 is 2.08 bits per heavy atom. The second kappa shape index (κ2) is 13.6. The van der Waals surface area contributed by atoms with Gasteiger partial charge in [-0.05, 0) is 47.5 Å². The molecule has 1 atom stereocenters. The molecule has 4 aromatic rings. The molecule has 0 radical (unpaired) electrons. The highest BCUT2D eigenvalue weighted by molar-refractivity contribution is 5.91. The number of amides is 1. The number of ketones is 1. The third kappa shape index (κ3) is 8.21. The number of hydrogen-bond acceptors (Lipinski definition) is 6. The normalized spacial score (nSPS) is 11.4. The van der Waals surface area contributed by atoms with Crippen LogP contribution in [0.2, 0.25) is 0 Å². The zero-order valence-corrected chi connectivity index (χ0v) is 20.8. The van der Waals surface area contributed by atoms with Gasteiger partial charge in [0.2, 0.25) is 0 Å². The van der Waals surface area contributed by atoms with Crippen LogP contribution in [-0.4, -0.2) is 36.1 Å². The van der Waals surface area contributed by atoms with Gasteiger partial charge in [-0.25, -0.2) is 0 Å². The van der Waals surface area contributed by atoms with Gasteiger partial charge >= 0.3 is 0 Å². The van der Waals surface area contributed by atoms with Crippen molar-refractivity contribution in [3.8, 4) is 23.0 Å². The van der Waals surface area contributed by atoms with Crippen molar-refractivity contribution in [1.29, 1.82) is 0 Å². The van der Waals surface area contributed by atoms with Crippen molar-refractivity contribution in [2.24, 2.45) is 0 Å². The fraction of sp³-hybridized carbons (Fsp3) is 0.161. The van der Waals surface area contributed by atoms with E-state index in [2.05, 4.69) is 5.32 Å². The first-order chi connectivity index (χ1) is 18.6. The molecule has 4 aromatic carbocycles. The molecule has 1 amide bonds. The molecule has 38 heavy (non-hydrogen) atoms. The van der Waals surface area contributed by atoms with Gasteiger partial charge in [-0.2, -0.15) is 0 Å². The summed E-state index contributed by atoms with van der Waals surface area (Å²) in [4.78, 5) is 25.8. The van der Waals surface area contributed by atoms with Crippen molar-refractivity contribution in [2.45, 2.75) is 19.1 Å². The maximum atomic E-state index is 13.2. The molecule has 0 aliphatic carbocycles. The Kier molecular flexibility index (Phi) is 9.48. The lowest BCUT2D eigenvalue weighted by molar-refractivity contribution is -0.130. The molecule has 0 bridgehead atoms. The summed E-state index contributed by atoms with van der Waals surface area (Å²) in [6.07, 6.45) is 0.103. The van der Waals surface area contributed by atoms with Gasteiger partial charge in [0.05, 0.1) is 13.2 Å². The molecule has 0 aliphatic heterocycles. The summed E-state index contributed by atoms with van der Waals surface area (Å²) in [6.45, 7) is -0.0444. The third-order valence-electron chi connectivity index (χ3n) is 5.62. The van der Waals surface area contributed by atoms with Crippen LogP contribution < -0.4 is 14.8 Å². The Morgan fingerprint density at radius 1 is 0.737 bits per heavy atom. The van der Waals surface area contributed by atoms with Gasteiger partial charge in [0, 0.05) is 6.42 Å². The van der Waals surface area contributed by atoms with Crippen LogP contribution in [0.4, 0.5) is 0 Å². The molecule has 0 aliphatic rings. The molecular formula is C31H29NO6. The Balaban J connectivity index is 1.36. The summed E-state index contributed by atoms with van der Waals surface area (Å²) in [7, 11) is 0.